The van der Waals surface area contributed by atoms with Crippen LogP contribution in [-0.4, -0.2) is 30.6 Å². The number of nitrogens with two attached hydrogens (primary N) is 1. The molecule has 0 heterocycles. The van der Waals surface area contributed by atoms with Gasteiger partial charge in [-0.05, 0) is 32.7 Å². The number of halogens is 2. The van der Waals surface area contributed by atoms with Crippen LogP contribution in [0.1, 0.15) is 31.2 Å². The van der Waals surface area contributed by atoms with Crippen LogP contribution in [0.4, 0.5) is 8.78 Å². The van der Waals surface area contributed by atoms with Gasteiger partial charge in [-0.3, -0.25) is 4.90 Å². The zero-order valence-electron chi connectivity index (χ0n) is 11.4. The molecule has 0 atom stereocenters. The van der Waals surface area contributed by atoms with Crippen molar-refractivity contribution in [3.8, 4) is 0 Å². The molecular weight excluding hydrogens is 246 g/mol. The Labute approximate surface area is 113 Å². The highest BCUT2D eigenvalue weighted by molar-refractivity contribution is 5.20. The van der Waals surface area contributed by atoms with Crippen molar-refractivity contribution in [2.24, 2.45) is 5.73 Å². The summed E-state index contributed by atoms with van der Waals surface area (Å²) in [5.74, 6) is -2.80. The second kappa shape index (κ2) is 5.97. The van der Waals surface area contributed by atoms with Gasteiger partial charge in [0.25, 0.3) is 5.92 Å². The van der Waals surface area contributed by atoms with E-state index in [4.69, 9.17) is 5.73 Å². The maximum atomic E-state index is 14.2. The largest absolute Gasteiger partial charge is 0.328 e. The molecule has 0 bridgehead atoms. The topological polar surface area (TPSA) is 29.3 Å². The summed E-state index contributed by atoms with van der Waals surface area (Å²) in [7, 11) is 1.79. The van der Waals surface area contributed by atoms with Gasteiger partial charge in [0.05, 0.1) is 6.54 Å². The Morgan fingerprint density at radius 1 is 1.16 bits per heavy atom. The Kier molecular flexibility index (Phi) is 4.53. The molecule has 1 saturated carbocycles. The van der Waals surface area contributed by atoms with Crippen LogP contribution in [0.2, 0.25) is 0 Å². The van der Waals surface area contributed by atoms with E-state index in [1.165, 1.54) is 12.1 Å². The quantitative estimate of drug-likeness (QED) is 0.909. The van der Waals surface area contributed by atoms with Crippen LogP contribution in [-0.2, 0) is 5.92 Å². The summed E-state index contributed by atoms with van der Waals surface area (Å²) >= 11 is 0. The van der Waals surface area contributed by atoms with E-state index < -0.39 is 5.92 Å². The maximum absolute atomic E-state index is 14.2. The summed E-state index contributed by atoms with van der Waals surface area (Å²) in [5.41, 5.74) is 5.94. The third kappa shape index (κ3) is 3.74. The molecule has 19 heavy (non-hydrogen) atoms. The molecule has 0 spiro atoms. The monoisotopic (exact) mass is 268 g/mol. The molecule has 1 fully saturated rings. The van der Waals surface area contributed by atoms with Gasteiger partial charge in [0, 0.05) is 17.6 Å². The molecular formula is C15H22F2N2. The summed E-state index contributed by atoms with van der Waals surface area (Å²) in [6, 6.07) is 8.53. The van der Waals surface area contributed by atoms with Crippen molar-refractivity contribution in [3.05, 3.63) is 35.9 Å². The molecule has 1 aromatic carbocycles. The molecule has 106 valence electrons. The zero-order chi connectivity index (χ0) is 13.9. The van der Waals surface area contributed by atoms with Crippen molar-refractivity contribution < 1.29 is 8.78 Å². The minimum atomic E-state index is -2.80. The van der Waals surface area contributed by atoms with Crippen molar-refractivity contribution in [2.45, 2.75) is 43.7 Å². The normalized spacial score (nSPS) is 24.7. The maximum Gasteiger partial charge on any atom is 0.285 e. The predicted octanol–water partition coefficient (Wildman–Crippen LogP) is 2.98. The second-order valence-corrected chi connectivity index (χ2v) is 5.55. The molecule has 2 nitrogen and oxygen atoms in total. The van der Waals surface area contributed by atoms with E-state index in [-0.39, 0.29) is 24.2 Å². The number of nitrogens with zero attached hydrogens (tertiary/aromatic N) is 1. The predicted molar refractivity (Wildman–Crippen MR) is 73.2 cm³/mol. The van der Waals surface area contributed by atoms with Crippen molar-refractivity contribution in [2.75, 3.05) is 13.6 Å². The molecule has 0 unspecified atom stereocenters. The Morgan fingerprint density at radius 3 is 2.32 bits per heavy atom. The van der Waals surface area contributed by atoms with Gasteiger partial charge in [-0.25, -0.2) is 0 Å². The third-order valence-electron chi connectivity index (χ3n) is 4.01. The van der Waals surface area contributed by atoms with Gasteiger partial charge in [-0.2, -0.15) is 8.78 Å². The smallest absolute Gasteiger partial charge is 0.285 e. The van der Waals surface area contributed by atoms with Gasteiger partial charge in [-0.15, -0.1) is 0 Å². The standard InChI is InChI=1S/C15H22F2N2/c1-19(14-9-7-13(18)8-10-14)11-15(16,17)12-5-3-2-4-6-12/h2-6,13-14H,7-11,18H2,1H3. The molecule has 0 amide bonds. The number of hydrogen-bond acceptors (Lipinski definition) is 2. The fourth-order valence-corrected chi connectivity index (χ4v) is 2.76. The van der Waals surface area contributed by atoms with Crippen LogP contribution in [0.15, 0.2) is 30.3 Å². The van der Waals surface area contributed by atoms with E-state index >= 15 is 0 Å². The number of alkyl halides is 2. The molecule has 1 aliphatic rings. The first-order valence-electron chi connectivity index (χ1n) is 6.88. The SMILES string of the molecule is CN(CC(F)(F)c1ccccc1)C1CCC(N)CC1. The fraction of sp³-hybridized carbons (Fsp3) is 0.600. The molecule has 0 aromatic heterocycles. The summed E-state index contributed by atoms with van der Waals surface area (Å²) in [4.78, 5) is 1.79. The molecule has 2 N–H and O–H groups in total. The summed E-state index contributed by atoms with van der Waals surface area (Å²) in [5, 5.41) is 0. The molecule has 0 saturated heterocycles. The lowest BCUT2D eigenvalue weighted by molar-refractivity contribution is -0.0445. The van der Waals surface area contributed by atoms with Crippen molar-refractivity contribution in [3.63, 3.8) is 0 Å². The van der Waals surface area contributed by atoms with Gasteiger partial charge in [0.2, 0.25) is 0 Å². The number of hydrogen-bond donors (Lipinski definition) is 1. The van der Waals surface area contributed by atoms with Crippen molar-refractivity contribution in [1.82, 2.24) is 4.90 Å². The first kappa shape index (κ1) is 14.4. The minimum absolute atomic E-state index is 0.0920. The number of benzene rings is 1. The summed E-state index contributed by atoms with van der Waals surface area (Å²) < 4.78 is 28.3. The van der Waals surface area contributed by atoms with Crippen LogP contribution in [0.3, 0.4) is 0 Å². The van der Waals surface area contributed by atoms with Crippen LogP contribution >= 0.6 is 0 Å². The van der Waals surface area contributed by atoms with Crippen molar-refractivity contribution >= 4 is 0 Å². The lowest BCUT2D eigenvalue weighted by Gasteiger charge is -2.35. The molecule has 0 radical (unpaired) electrons. The Hall–Kier alpha value is -1.00. The lowest BCUT2D eigenvalue weighted by atomic mass is 9.90. The van der Waals surface area contributed by atoms with Gasteiger partial charge in [0.15, 0.2) is 0 Å². The van der Waals surface area contributed by atoms with E-state index in [9.17, 15) is 8.78 Å². The van der Waals surface area contributed by atoms with E-state index in [0.29, 0.717) is 0 Å². The number of likely N-dealkylation sites (N-methyl/N-ethyl adjacent to an activating group) is 1. The molecule has 0 aliphatic heterocycles. The highest BCUT2D eigenvalue weighted by Crippen LogP contribution is 2.31. The van der Waals surface area contributed by atoms with E-state index in [0.717, 1.165) is 25.7 Å². The Balaban J connectivity index is 1.96. The summed E-state index contributed by atoms with van der Waals surface area (Å²) in [6.45, 7) is -0.225. The van der Waals surface area contributed by atoms with Crippen LogP contribution in [0, 0.1) is 0 Å². The molecule has 1 aromatic rings. The van der Waals surface area contributed by atoms with Crippen LogP contribution in [0.25, 0.3) is 0 Å². The Morgan fingerprint density at radius 2 is 1.74 bits per heavy atom. The Bertz CT molecular complexity index is 386. The van der Waals surface area contributed by atoms with Gasteiger partial charge >= 0.3 is 0 Å². The second-order valence-electron chi connectivity index (χ2n) is 5.55. The lowest BCUT2D eigenvalue weighted by Crippen LogP contribution is -2.43. The van der Waals surface area contributed by atoms with Gasteiger partial charge in [0.1, 0.15) is 0 Å². The molecule has 4 heteroatoms. The van der Waals surface area contributed by atoms with E-state index in [2.05, 4.69) is 0 Å². The highest BCUT2D eigenvalue weighted by Gasteiger charge is 2.35. The van der Waals surface area contributed by atoms with Gasteiger partial charge in [-0.1, -0.05) is 30.3 Å². The third-order valence-corrected chi connectivity index (χ3v) is 4.01. The average molecular weight is 268 g/mol. The molecule has 1 aliphatic carbocycles. The van der Waals surface area contributed by atoms with Crippen LogP contribution in [0.5, 0.6) is 0 Å². The summed E-state index contributed by atoms with van der Waals surface area (Å²) in [6.07, 6.45) is 3.71. The first-order valence-corrected chi connectivity index (χ1v) is 6.88. The minimum Gasteiger partial charge on any atom is -0.328 e. The zero-order valence-corrected chi connectivity index (χ0v) is 11.4. The van der Waals surface area contributed by atoms with E-state index in [1.54, 1.807) is 30.1 Å². The average Bonchev–Trinajstić information content (AvgIpc) is 2.40. The van der Waals surface area contributed by atoms with Crippen molar-refractivity contribution in [1.29, 1.82) is 0 Å². The van der Waals surface area contributed by atoms with Gasteiger partial charge < -0.3 is 5.73 Å². The van der Waals surface area contributed by atoms with Crippen LogP contribution < -0.4 is 5.73 Å². The number of rotatable bonds is 4. The fourth-order valence-electron chi connectivity index (χ4n) is 2.76. The van der Waals surface area contributed by atoms with E-state index in [1.807, 2.05) is 0 Å². The highest BCUT2D eigenvalue weighted by atomic mass is 19.3. The molecule has 2 rings (SSSR count). The first-order chi connectivity index (χ1) is 8.99.